The van der Waals surface area contributed by atoms with Gasteiger partial charge in [0, 0.05) is 22.6 Å². The van der Waals surface area contributed by atoms with Crippen LogP contribution in [0.25, 0.3) is 0 Å². The van der Waals surface area contributed by atoms with Gasteiger partial charge < -0.3 is 0 Å². The quantitative estimate of drug-likeness (QED) is 0.809. The zero-order valence-electron chi connectivity index (χ0n) is 11.3. The Hall–Kier alpha value is -0.950. The number of rotatable bonds is 6. The van der Waals surface area contributed by atoms with E-state index in [1.807, 2.05) is 5.38 Å². The van der Waals surface area contributed by atoms with Crippen LogP contribution >= 0.6 is 22.9 Å². The molecule has 1 aliphatic carbocycles. The molecule has 1 aliphatic rings. The first-order valence-corrected chi connectivity index (χ1v) is 9.54. The van der Waals surface area contributed by atoms with Crippen LogP contribution in [0.3, 0.4) is 0 Å². The third kappa shape index (κ3) is 3.63. The van der Waals surface area contributed by atoms with E-state index in [0.717, 1.165) is 17.8 Å². The molecule has 0 N–H and O–H groups in total. The molecule has 3 rings (SSSR count). The van der Waals surface area contributed by atoms with Crippen LogP contribution < -0.4 is 0 Å². The summed E-state index contributed by atoms with van der Waals surface area (Å²) < 4.78 is 27.0. The summed E-state index contributed by atoms with van der Waals surface area (Å²) >= 11 is 7.56. The summed E-state index contributed by atoms with van der Waals surface area (Å²) in [5.41, 5.74) is 0.643. The molecule has 21 heavy (non-hydrogen) atoms. The highest BCUT2D eigenvalue weighted by atomic mass is 35.5. The fourth-order valence-electron chi connectivity index (χ4n) is 2.18. The third-order valence-electron chi connectivity index (χ3n) is 3.38. The average Bonchev–Trinajstić information content (AvgIpc) is 3.14. The average molecular weight is 343 g/mol. The molecule has 1 heterocycles. The fourth-order valence-corrected chi connectivity index (χ4v) is 4.95. The van der Waals surface area contributed by atoms with Crippen molar-refractivity contribution >= 4 is 33.0 Å². The first-order chi connectivity index (χ1) is 10.1. The lowest BCUT2D eigenvalue weighted by Gasteiger charge is -2.21. The van der Waals surface area contributed by atoms with Crippen LogP contribution in [0.4, 0.5) is 0 Å². The topological polar surface area (TPSA) is 50.3 Å². The van der Waals surface area contributed by atoms with Gasteiger partial charge in [0.25, 0.3) is 0 Å². The number of halogens is 1. The smallest absolute Gasteiger partial charge is 0.218 e. The minimum Gasteiger partial charge on any atom is -0.248 e. The second kappa shape index (κ2) is 6.04. The summed E-state index contributed by atoms with van der Waals surface area (Å²) in [6.45, 7) is 0.356. The number of hydrogen-bond acceptors (Lipinski definition) is 4. The van der Waals surface area contributed by atoms with E-state index >= 15 is 0 Å². The molecular weight excluding hydrogens is 328 g/mol. The predicted octanol–water partition coefficient (Wildman–Crippen LogP) is 3.29. The Morgan fingerprint density at radius 2 is 2.10 bits per heavy atom. The predicted molar refractivity (Wildman–Crippen MR) is 84.8 cm³/mol. The van der Waals surface area contributed by atoms with Crippen LogP contribution in [0.15, 0.2) is 35.8 Å². The lowest BCUT2D eigenvalue weighted by Crippen LogP contribution is -2.33. The Morgan fingerprint density at radius 3 is 2.71 bits per heavy atom. The van der Waals surface area contributed by atoms with E-state index in [-0.39, 0.29) is 11.8 Å². The van der Waals surface area contributed by atoms with Gasteiger partial charge in [0.2, 0.25) is 10.0 Å². The monoisotopic (exact) mass is 342 g/mol. The van der Waals surface area contributed by atoms with E-state index < -0.39 is 10.0 Å². The zero-order chi connectivity index (χ0) is 14.9. The normalized spacial score (nSPS) is 15.5. The Morgan fingerprint density at radius 1 is 1.33 bits per heavy atom. The molecule has 0 bridgehead atoms. The second-order valence-electron chi connectivity index (χ2n) is 5.05. The molecule has 4 nitrogen and oxygen atoms in total. The lowest BCUT2D eigenvalue weighted by atomic mass is 10.2. The van der Waals surface area contributed by atoms with Crippen molar-refractivity contribution in [2.24, 2.45) is 0 Å². The van der Waals surface area contributed by atoms with Crippen LogP contribution in [-0.4, -0.2) is 23.7 Å². The van der Waals surface area contributed by atoms with E-state index in [1.54, 1.807) is 34.8 Å². The molecule has 0 spiro atoms. The van der Waals surface area contributed by atoms with Crippen molar-refractivity contribution < 1.29 is 8.42 Å². The number of sulfonamides is 1. The summed E-state index contributed by atoms with van der Waals surface area (Å²) in [6.07, 6.45) is 3.55. The molecule has 1 saturated carbocycles. The van der Waals surface area contributed by atoms with Crippen LogP contribution in [0.1, 0.15) is 23.4 Å². The first kappa shape index (κ1) is 15.0. The number of benzene rings is 1. The molecule has 0 unspecified atom stereocenters. The van der Waals surface area contributed by atoms with E-state index in [1.165, 1.54) is 11.3 Å². The number of aromatic nitrogens is 1. The van der Waals surface area contributed by atoms with Gasteiger partial charge in [-0.15, -0.1) is 11.3 Å². The number of hydrogen-bond donors (Lipinski definition) is 0. The maximum Gasteiger partial charge on any atom is 0.218 e. The van der Waals surface area contributed by atoms with E-state index in [4.69, 9.17) is 11.6 Å². The highest BCUT2D eigenvalue weighted by Crippen LogP contribution is 2.33. The van der Waals surface area contributed by atoms with Crippen molar-refractivity contribution in [1.82, 2.24) is 9.29 Å². The van der Waals surface area contributed by atoms with Gasteiger partial charge in [-0.2, -0.15) is 4.31 Å². The molecule has 7 heteroatoms. The summed E-state index contributed by atoms with van der Waals surface area (Å²) in [7, 11) is -3.40. The van der Waals surface area contributed by atoms with Crippen LogP contribution in [0.2, 0.25) is 5.02 Å². The SMILES string of the molecule is O=S(=O)(Cc1ccccc1Cl)N(Cc1nccs1)C1CC1. The zero-order valence-corrected chi connectivity index (χ0v) is 13.7. The summed E-state index contributed by atoms with van der Waals surface area (Å²) in [5.74, 6) is -0.0610. The second-order valence-corrected chi connectivity index (χ2v) is 8.36. The fraction of sp³-hybridized carbons (Fsp3) is 0.357. The molecule has 112 valence electrons. The van der Waals surface area contributed by atoms with Gasteiger partial charge >= 0.3 is 0 Å². The Labute approximate surface area is 133 Å². The van der Waals surface area contributed by atoms with E-state index in [9.17, 15) is 8.42 Å². The van der Waals surface area contributed by atoms with Gasteiger partial charge in [-0.3, -0.25) is 0 Å². The van der Waals surface area contributed by atoms with Crippen molar-refractivity contribution in [2.75, 3.05) is 0 Å². The van der Waals surface area contributed by atoms with Crippen molar-refractivity contribution in [3.63, 3.8) is 0 Å². The number of thiazole rings is 1. The molecule has 1 aromatic heterocycles. The van der Waals surface area contributed by atoms with Gasteiger partial charge in [0.15, 0.2) is 0 Å². The Kier molecular flexibility index (Phi) is 4.31. The van der Waals surface area contributed by atoms with Gasteiger partial charge in [-0.05, 0) is 24.5 Å². The van der Waals surface area contributed by atoms with Gasteiger partial charge in [-0.1, -0.05) is 29.8 Å². The molecule has 0 aliphatic heterocycles. The maximum atomic E-state index is 12.7. The third-order valence-corrected chi connectivity index (χ3v) is 6.33. The molecule has 0 radical (unpaired) electrons. The molecule has 0 saturated heterocycles. The Balaban J connectivity index is 1.82. The summed E-state index contributed by atoms with van der Waals surface area (Å²) in [5, 5.41) is 3.18. The minimum absolute atomic E-state index is 0.0610. The Bertz CT molecular complexity index is 712. The largest absolute Gasteiger partial charge is 0.248 e. The molecule has 1 aromatic carbocycles. The van der Waals surface area contributed by atoms with Crippen molar-refractivity contribution in [2.45, 2.75) is 31.2 Å². The summed E-state index contributed by atoms with van der Waals surface area (Å²) in [4.78, 5) is 4.19. The van der Waals surface area contributed by atoms with Gasteiger partial charge in [0.05, 0.1) is 12.3 Å². The lowest BCUT2D eigenvalue weighted by molar-refractivity contribution is 0.397. The highest BCUT2D eigenvalue weighted by Gasteiger charge is 2.37. The minimum atomic E-state index is -3.40. The van der Waals surface area contributed by atoms with Crippen LogP contribution in [-0.2, 0) is 22.3 Å². The molecular formula is C14H15ClN2O2S2. The van der Waals surface area contributed by atoms with Gasteiger partial charge in [-0.25, -0.2) is 13.4 Å². The van der Waals surface area contributed by atoms with E-state index in [2.05, 4.69) is 4.98 Å². The van der Waals surface area contributed by atoms with Crippen molar-refractivity contribution in [3.8, 4) is 0 Å². The standard InChI is InChI=1S/C14H15ClN2O2S2/c15-13-4-2-1-3-11(13)10-21(18,19)17(12-5-6-12)9-14-16-7-8-20-14/h1-4,7-8,12H,5-6,9-10H2. The number of nitrogens with zero attached hydrogens (tertiary/aromatic N) is 2. The molecule has 1 fully saturated rings. The van der Waals surface area contributed by atoms with Crippen LogP contribution in [0.5, 0.6) is 0 Å². The molecule has 0 atom stereocenters. The highest BCUT2D eigenvalue weighted by molar-refractivity contribution is 7.88. The summed E-state index contributed by atoms with van der Waals surface area (Å²) in [6, 6.07) is 7.19. The maximum absolute atomic E-state index is 12.7. The molecule has 2 aromatic rings. The van der Waals surface area contributed by atoms with Crippen LogP contribution in [0, 0.1) is 0 Å². The van der Waals surface area contributed by atoms with E-state index in [0.29, 0.717) is 17.1 Å². The van der Waals surface area contributed by atoms with Crippen molar-refractivity contribution in [3.05, 3.63) is 51.4 Å². The van der Waals surface area contributed by atoms with Crippen molar-refractivity contribution in [1.29, 1.82) is 0 Å². The molecule has 0 amide bonds. The first-order valence-electron chi connectivity index (χ1n) is 6.67. The van der Waals surface area contributed by atoms with Gasteiger partial charge in [0.1, 0.15) is 5.01 Å².